The van der Waals surface area contributed by atoms with E-state index in [1.165, 1.54) is 10.5 Å². The van der Waals surface area contributed by atoms with Crippen molar-refractivity contribution in [2.75, 3.05) is 12.8 Å². The average Bonchev–Trinajstić information content (AvgIpc) is 3.33. The van der Waals surface area contributed by atoms with Crippen molar-refractivity contribution in [3.8, 4) is 0 Å². The number of fused-ring (bicyclic) bond motifs is 1. The lowest BCUT2D eigenvalue weighted by Crippen LogP contribution is -2.44. The van der Waals surface area contributed by atoms with Crippen LogP contribution in [0.25, 0.3) is 11.0 Å². The molecule has 2 N–H and O–H groups in total. The Kier molecular flexibility index (Phi) is 6.84. The monoisotopic (exact) mass is 450 g/mol. The lowest BCUT2D eigenvalue weighted by molar-refractivity contribution is -0.122. The molecule has 3 aromatic rings. The first kappa shape index (κ1) is 22.4. The van der Waals surface area contributed by atoms with Gasteiger partial charge in [-0.1, -0.05) is 24.3 Å². The van der Waals surface area contributed by atoms with Crippen LogP contribution in [0.15, 0.2) is 53.4 Å². The molecule has 168 valence electrons. The summed E-state index contributed by atoms with van der Waals surface area (Å²) in [6.07, 6.45) is 5.82. The van der Waals surface area contributed by atoms with Crippen LogP contribution >= 0.6 is 11.8 Å². The maximum atomic E-state index is 12.6. The summed E-state index contributed by atoms with van der Waals surface area (Å²) in [6.45, 7) is 0.547. The quantitative estimate of drug-likeness (QED) is 0.488. The summed E-state index contributed by atoms with van der Waals surface area (Å²) in [6, 6.07) is 16.5. The van der Waals surface area contributed by atoms with E-state index in [4.69, 9.17) is 0 Å². The Morgan fingerprint density at radius 2 is 2.00 bits per heavy atom. The van der Waals surface area contributed by atoms with Crippen molar-refractivity contribution < 1.29 is 9.59 Å². The number of nitrogens with one attached hydrogen (secondary N) is 2. The Hall–Kier alpha value is -2.80. The second kappa shape index (κ2) is 9.77. The summed E-state index contributed by atoms with van der Waals surface area (Å²) in [5.41, 5.74) is 2.92. The van der Waals surface area contributed by atoms with E-state index in [2.05, 4.69) is 50.7 Å². The van der Waals surface area contributed by atoms with Gasteiger partial charge in [-0.2, -0.15) is 0 Å². The number of thioether (sulfide) groups is 1. The number of hydrogen-bond acceptors (Lipinski definition) is 4. The van der Waals surface area contributed by atoms with Crippen LogP contribution in [0.3, 0.4) is 0 Å². The van der Waals surface area contributed by atoms with Crippen LogP contribution in [0.4, 0.5) is 0 Å². The summed E-state index contributed by atoms with van der Waals surface area (Å²) < 4.78 is 2.08. The lowest BCUT2D eigenvalue weighted by atomic mass is 9.85. The maximum absolute atomic E-state index is 12.6. The first-order valence-electron chi connectivity index (χ1n) is 11.1. The van der Waals surface area contributed by atoms with Gasteiger partial charge in [-0.3, -0.25) is 9.59 Å². The van der Waals surface area contributed by atoms with Crippen molar-refractivity contribution >= 4 is 34.6 Å². The highest BCUT2D eigenvalue weighted by atomic mass is 32.2. The van der Waals surface area contributed by atoms with E-state index in [1.807, 2.05) is 31.3 Å². The van der Waals surface area contributed by atoms with Gasteiger partial charge in [0, 0.05) is 43.3 Å². The molecule has 1 aliphatic rings. The minimum absolute atomic E-state index is 0.0158. The van der Waals surface area contributed by atoms with Crippen LogP contribution in [-0.4, -0.2) is 39.7 Å². The van der Waals surface area contributed by atoms with Crippen molar-refractivity contribution in [2.24, 2.45) is 7.05 Å². The Balaban J connectivity index is 1.31. The van der Waals surface area contributed by atoms with Gasteiger partial charge in [-0.25, -0.2) is 4.98 Å². The fourth-order valence-electron chi connectivity index (χ4n) is 4.49. The molecular weight excluding hydrogens is 420 g/mol. The zero-order chi connectivity index (χ0) is 22.6. The number of hydrogen-bond donors (Lipinski definition) is 2. The maximum Gasteiger partial charge on any atom is 0.220 e. The highest BCUT2D eigenvalue weighted by Gasteiger charge is 2.37. The molecular formula is C25H30N4O2S. The molecule has 0 spiro atoms. The molecule has 0 bridgehead atoms. The fraction of sp³-hybridized carbons (Fsp3) is 0.400. The molecule has 1 aliphatic heterocycles. The average molecular weight is 451 g/mol. The number of imidazole rings is 1. The van der Waals surface area contributed by atoms with Gasteiger partial charge < -0.3 is 15.2 Å². The predicted molar refractivity (Wildman–Crippen MR) is 129 cm³/mol. The van der Waals surface area contributed by atoms with Gasteiger partial charge in [0.15, 0.2) is 0 Å². The van der Waals surface area contributed by atoms with E-state index < -0.39 is 0 Å². The van der Waals surface area contributed by atoms with E-state index in [0.717, 1.165) is 29.7 Å². The summed E-state index contributed by atoms with van der Waals surface area (Å²) in [5, 5.41) is 6.19. The number of aryl methyl sites for hydroxylation is 1. The van der Waals surface area contributed by atoms with Crippen molar-refractivity contribution in [2.45, 2.75) is 49.0 Å². The number of carbonyl (C=O) groups excluding carboxylic acids is 2. The van der Waals surface area contributed by atoms with Gasteiger partial charge in [0.2, 0.25) is 11.8 Å². The number of nitrogens with zero attached hydrogens (tertiary/aromatic N) is 2. The summed E-state index contributed by atoms with van der Waals surface area (Å²) in [4.78, 5) is 30.4. The summed E-state index contributed by atoms with van der Waals surface area (Å²) in [5.74, 6) is 1.05. The molecule has 7 heteroatoms. The van der Waals surface area contributed by atoms with Crippen molar-refractivity contribution in [3.05, 3.63) is 59.9 Å². The Morgan fingerprint density at radius 1 is 1.22 bits per heavy atom. The van der Waals surface area contributed by atoms with Crippen LogP contribution in [0.1, 0.15) is 37.1 Å². The molecule has 2 aromatic carbocycles. The van der Waals surface area contributed by atoms with Gasteiger partial charge in [-0.15, -0.1) is 11.8 Å². The van der Waals surface area contributed by atoms with E-state index in [9.17, 15) is 9.59 Å². The molecule has 2 heterocycles. The van der Waals surface area contributed by atoms with Crippen LogP contribution in [0.5, 0.6) is 0 Å². The van der Waals surface area contributed by atoms with Crippen molar-refractivity contribution in [1.29, 1.82) is 0 Å². The Morgan fingerprint density at radius 3 is 2.69 bits per heavy atom. The second-order valence-electron chi connectivity index (χ2n) is 8.53. The molecule has 0 unspecified atom stereocenters. The van der Waals surface area contributed by atoms with E-state index >= 15 is 0 Å². The van der Waals surface area contributed by atoms with Gasteiger partial charge in [0.25, 0.3) is 0 Å². The highest BCUT2D eigenvalue weighted by Crippen LogP contribution is 2.30. The summed E-state index contributed by atoms with van der Waals surface area (Å²) >= 11 is 1.71. The molecule has 32 heavy (non-hydrogen) atoms. The minimum Gasteiger partial charge on any atom is -0.356 e. The second-order valence-corrected chi connectivity index (χ2v) is 9.41. The van der Waals surface area contributed by atoms with Crippen LogP contribution in [0, 0.1) is 0 Å². The molecule has 1 atom stereocenters. The molecule has 0 radical (unpaired) electrons. The van der Waals surface area contributed by atoms with Gasteiger partial charge in [0.1, 0.15) is 5.82 Å². The normalized spacial score (nSPS) is 18.1. The van der Waals surface area contributed by atoms with Crippen molar-refractivity contribution in [3.63, 3.8) is 0 Å². The van der Waals surface area contributed by atoms with Gasteiger partial charge in [0.05, 0.1) is 11.0 Å². The third-order valence-corrected chi connectivity index (χ3v) is 7.06. The number of benzene rings is 2. The molecule has 1 saturated heterocycles. The van der Waals surface area contributed by atoms with E-state index in [-0.39, 0.29) is 17.4 Å². The molecule has 6 nitrogen and oxygen atoms in total. The zero-order valence-electron chi connectivity index (χ0n) is 18.7. The van der Waals surface area contributed by atoms with Crippen LogP contribution < -0.4 is 10.6 Å². The first-order chi connectivity index (χ1) is 15.5. The molecule has 0 aliphatic carbocycles. The minimum atomic E-state index is -0.341. The smallest absolute Gasteiger partial charge is 0.220 e. The Labute approximate surface area is 193 Å². The first-order valence-corrected chi connectivity index (χ1v) is 12.3. The van der Waals surface area contributed by atoms with Gasteiger partial charge in [-0.05, 0) is 55.3 Å². The van der Waals surface area contributed by atoms with E-state index in [0.29, 0.717) is 32.2 Å². The summed E-state index contributed by atoms with van der Waals surface area (Å²) in [7, 11) is 2.00. The van der Waals surface area contributed by atoms with Crippen LogP contribution in [-0.2, 0) is 29.5 Å². The molecule has 4 rings (SSSR count). The SMILES string of the molecule is CSc1ccc(C[C@@]2(CCC(=O)NCCc3nc4ccccc4n3C)CCC(=O)N2)cc1. The largest absolute Gasteiger partial charge is 0.356 e. The zero-order valence-corrected chi connectivity index (χ0v) is 19.5. The fourth-order valence-corrected chi connectivity index (χ4v) is 4.90. The third-order valence-electron chi connectivity index (χ3n) is 6.32. The number of amides is 2. The molecule has 1 fully saturated rings. The standard InChI is InChI=1S/C25H30N4O2S/c1-29-21-6-4-3-5-20(21)27-22(29)13-16-26-23(30)11-14-25(15-12-24(31)28-25)17-18-7-9-19(32-2)10-8-18/h3-10H,11-17H2,1-2H3,(H,26,30)(H,28,31)/t25-/m1/s1. The Bertz CT molecular complexity index is 1110. The highest BCUT2D eigenvalue weighted by molar-refractivity contribution is 7.98. The molecule has 0 saturated carbocycles. The third kappa shape index (κ3) is 5.15. The van der Waals surface area contributed by atoms with Crippen LogP contribution in [0.2, 0.25) is 0 Å². The predicted octanol–water partition coefficient (Wildman–Crippen LogP) is 3.63. The number of carbonyl (C=O) groups is 2. The number of aromatic nitrogens is 2. The number of para-hydroxylation sites is 2. The molecule has 2 amide bonds. The molecule has 1 aromatic heterocycles. The van der Waals surface area contributed by atoms with E-state index in [1.54, 1.807) is 11.8 Å². The van der Waals surface area contributed by atoms with Crippen molar-refractivity contribution in [1.82, 2.24) is 20.2 Å². The lowest BCUT2D eigenvalue weighted by Gasteiger charge is -2.29. The van der Waals surface area contributed by atoms with Gasteiger partial charge >= 0.3 is 0 Å². The topological polar surface area (TPSA) is 76.0 Å². The number of rotatable bonds is 9.